The monoisotopic (exact) mass is 274 g/mol. The van der Waals surface area contributed by atoms with Crippen LogP contribution in [0.3, 0.4) is 0 Å². The van der Waals surface area contributed by atoms with Gasteiger partial charge in [0, 0.05) is 24.7 Å². The Morgan fingerprint density at radius 3 is 2.25 bits per heavy atom. The molecule has 20 heavy (non-hydrogen) atoms. The third kappa shape index (κ3) is 3.21. The summed E-state index contributed by atoms with van der Waals surface area (Å²) < 4.78 is 0. The topological polar surface area (TPSA) is 32.3 Å². The molecule has 1 amide bonds. The summed E-state index contributed by atoms with van der Waals surface area (Å²) in [6.07, 6.45) is 2.12. The maximum Gasteiger partial charge on any atom is 0.254 e. The van der Waals surface area contributed by atoms with Crippen molar-refractivity contribution in [1.82, 2.24) is 10.2 Å². The Balaban J connectivity index is 2.10. The Labute approximate surface area is 122 Å². The normalized spacial score (nSPS) is 16.5. The average molecular weight is 274 g/mol. The van der Waals surface area contributed by atoms with Gasteiger partial charge in [-0.25, -0.2) is 0 Å². The number of hydrogen-bond acceptors (Lipinski definition) is 2. The van der Waals surface area contributed by atoms with Gasteiger partial charge in [-0.2, -0.15) is 0 Å². The zero-order valence-electron chi connectivity index (χ0n) is 13.1. The molecule has 1 saturated heterocycles. The van der Waals surface area contributed by atoms with Gasteiger partial charge in [0.05, 0.1) is 0 Å². The van der Waals surface area contributed by atoms with Crippen molar-refractivity contribution in [2.24, 2.45) is 0 Å². The molecule has 0 aliphatic carbocycles. The summed E-state index contributed by atoms with van der Waals surface area (Å²) in [6.45, 7) is 11.0. The van der Waals surface area contributed by atoms with E-state index in [1.54, 1.807) is 0 Å². The van der Waals surface area contributed by atoms with E-state index in [1.807, 2.05) is 18.7 Å². The van der Waals surface area contributed by atoms with Crippen LogP contribution in [-0.4, -0.2) is 36.5 Å². The van der Waals surface area contributed by atoms with Crippen molar-refractivity contribution >= 4 is 5.91 Å². The lowest BCUT2D eigenvalue weighted by Gasteiger charge is -2.33. The third-order valence-electron chi connectivity index (χ3n) is 4.17. The molecule has 1 aliphatic heterocycles. The molecular weight excluding hydrogens is 248 g/mol. The van der Waals surface area contributed by atoms with Gasteiger partial charge in [0.15, 0.2) is 0 Å². The molecule has 3 heteroatoms. The molecule has 0 radical (unpaired) electrons. The van der Waals surface area contributed by atoms with Gasteiger partial charge in [-0.1, -0.05) is 24.6 Å². The number of hydrogen-bond donors (Lipinski definition) is 1. The number of carbonyl (C=O) groups is 1. The molecule has 1 aromatic rings. The van der Waals surface area contributed by atoms with Crippen LogP contribution in [-0.2, 0) is 0 Å². The summed E-state index contributed by atoms with van der Waals surface area (Å²) in [7, 11) is 0. The Bertz CT molecular complexity index is 465. The number of amides is 1. The number of benzene rings is 1. The predicted molar refractivity (Wildman–Crippen MR) is 83.3 cm³/mol. The van der Waals surface area contributed by atoms with E-state index >= 15 is 0 Å². The molecule has 1 aromatic carbocycles. The van der Waals surface area contributed by atoms with Gasteiger partial charge >= 0.3 is 0 Å². The maximum atomic E-state index is 12.7. The highest BCUT2D eigenvalue weighted by molar-refractivity contribution is 5.97. The first-order valence-electron chi connectivity index (χ1n) is 7.63. The third-order valence-corrected chi connectivity index (χ3v) is 4.17. The lowest BCUT2D eigenvalue weighted by atomic mass is 9.97. The molecule has 1 fully saturated rings. The van der Waals surface area contributed by atoms with E-state index in [2.05, 4.69) is 31.3 Å². The van der Waals surface area contributed by atoms with E-state index in [4.69, 9.17) is 0 Å². The summed E-state index contributed by atoms with van der Waals surface area (Å²) >= 11 is 0. The molecule has 1 heterocycles. The summed E-state index contributed by atoms with van der Waals surface area (Å²) in [4.78, 5) is 14.7. The van der Waals surface area contributed by atoms with Gasteiger partial charge in [-0.05, 0) is 51.3 Å². The quantitative estimate of drug-likeness (QED) is 0.919. The van der Waals surface area contributed by atoms with Crippen molar-refractivity contribution < 1.29 is 4.79 Å². The van der Waals surface area contributed by atoms with Crippen molar-refractivity contribution in [2.45, 2.75) is 46.6 Å². The summed E-state index contributed by atoms with van der Waals surface area (Å²) in [5.41, 5.74) is 4.32. The minimum atomic E-state index is 0.204. The van der Waals surface area contributed by atoms with Crippen molar-refractivity contribution in [1.29, 1.82) is 0 Å². The Morgan fingerprint density at radius 2 is 1.75 bits per heavy atom. The van der Waals surface area contributed by atoms with Crippen LogP contribution in [0.25, 0.3) is 0 Å². The molecule has 0 unspecified atom stereocenters. The van der Waals surface area contributed by atoms with E-state index in [9.17, 15) is 4.79 Å². The Hall–Kier alpha value is -1.35. The number of nitrogens with one attached hydrogen (secondary N) is 1. The fourth-order valence-electron chi connectivity index (χ4n) is 3.25. The second kappa shape index (κ2) is 6.40. The van der Waals surface area contributed by atoms with Crippen LogP contribution in [0.15, 0.2) is 12.1 Å². The number of rotatable bonds is 3. The van der Waals surface area contributed by atoms with Crippen LogP contribution in [0.1, 0.15) is 46.8 Å². The lowest BCUT2D eigenvalue weighted by Crippen LogP contribution is -2.45. The van der Waals surface area contributed by atoms with Crippen LogP contribution in [0.2, 0.25) is 0 Å². The van der Waals surface area contributed by atoms with E-state index < -0.39 is 0 Å². The first-order valence-corrected chi connectivity index (χ1v) is 7.63. The first-order chi connectivity index (χ1) is 9.52. The Morgan fingerprint density at radius 1 is 1.20 bits per heavy atom. The SMILES string of the molecule is CCNC1CCN(C(=O)c2c(C)cc(C)cc2C)CC1. The molecule has 0 atom stereocenters. The van der Waals surface area contributed by atoms with Crippen LogP contribution in [0.4, 0.5) is 0 Å². The molecule has 0 saturated carbocycles. The molecule has 1 N–H and O–H groups in total. The average Bonchev–Trinajstić information content (AvgIpc) is 2.38. The molecule has 0 aromatic heterocycles. The van der Waals surface area contributed by atoms with Gasteiger partial charge in [-0.15, -0.1) is 0 Å². The zero-order valence-corrected chi connectivity index (χ0v) is 13.1. The van der Waals surface area contributed by atoms with Crippen molar-refractivity contribution in [3.63, 3.8) is 0 Å². The number of piperidine rings is 1. The van der Waals surface area contributed by atoms with E-state index in [0.29, 0.717) is 6.04 Å². The van der Waals surface area contributed by atoms with Crippen LogP contribution < -0.4 is 5.32 Å². The molecule has 2 rings (SSSR count). The van der Waals surface area contributed by atoms with Crippen LogP contribution in [0.5, 0.6) is 0 Å². The highest BCUT2D eigenvalue weighted by Gasteiger charge is 2.24. The minimum absolute atomic E-state index is 0.204. The van der Waals surface area contributed by atoms with Gasteiger partial charge in [0.1, 0.15) is 0 Å². The fraction of sp³-hybridized carbons (Fsp3) is 0.588. The number of carbonyl (C=O) groups excluding carboxylic acids is 1. The van der Waals surface area contributed by atoms with E-state index in [-0.39, 0.29) is 5.91 Å². The standard InChI is InChI=1S/C17H26N2O/c1-5-18-15-6-8-19(9-7-15)17(20)16-13(3)10-12(2)11-14(16)4/h10-11,15,18H,5-9H2,1-4H3. The molecule has 0 bridgehead atoms. The largest absolute Gasteiger partial charge is 0.339 e. The zero-order chi connectivity index (χ0) is 14.7. The number of likely N-dealkylation sites (tertiary alicyclic amines) is 1. The number of nitrogens with zero attached hydrogens (tertiary/aromatic N) is 1. The van der Waals surface area contributed by atoms with Crippen molar-refractivity contribution in [3.05, 3.63) is 34.4 Å². The maximum absolute atomic E-state index is 12.7. The smallest absolute Gasteiger partial charge is 0.254 e. The molecule has 3 nitrogen and oxygen atoms in total. The van der Waals surface area contributed by atoms with Crippen LogP contribution >= 0.6 is 0 Å². The van der Waals surface area contributed by atoms with E-state index in [0.717, 1.165) is 49.2 Å². The molecule has 0 spiro atoms. The van der Waals surface area contributed by atoms with Gasteiger partial charge in [-0.3, -0.25) is 4.79 Å². The highest BCUT2D eigenvalue weighted by atomic mass is 16.2. The van der Waals surface area contributed by atoms with Gasteiger partial charge in [0.2, 0.25) is 0 Å². The fourth-order valence-corrected chi connectivity index (χ4v) is 3.25. The van der Waals surface area contributed by atoms with Crippen molar-refractivity contribution in [2.75, 3.05) is 19.6 Å². The van der Waals surface area contributed by atoms with Gasteiger partial charge < -0.3 is 10.2 Å². The van der Waals surface area contributed by atoms with E-state index in [1.165, 1.54) is 5.56 Å². The molecular formula is C17H26N2O. The Kier molecular flexibility index (Phi) is 4.81. The lowest BCUT2D eigenvalue weighted by molar-refractivity contribution is 0.0704. The van der Waals surface area contributed by atoms with Crippen molar-refractivity contribution in [3.8, 4) is 0 Å². The highest BCUT2D eigenvalue weighted by Crippen LogP contribution is 2.20. The summed E-state index contributed by atoms with van der Waals surface area (Å²) in [5.74, 6) is 0.204. The number of aryl methyl sites for hydroxylation is 3. The predicted octanol–water partition coefficient (Wildman–Crippen LogP) is 2.83. The second-order valence-electron chi connectivity index (χ2n) is 5.90. The van der Waals surface area contributed by atoms with Crippen LogP contribution in [0, 0.1) is 20.8 Å². The summed E-state index contributed by atoms with van der Waals surface area (Å²) in [5, 5.41) is 3.48. The molecule has 110 valence electrons. The summed E-state index contributed by atoms with van der Waals surface area (Å²) in [6, 6.07) is 4.78. The molecule has 1 aliphatic rings. The second-order valence-corrected chi connectivity index (χ2v) is 5.90. The minimum Gasteiger partial charge on any atom is -0.339 e. The van der Waals surface area contributed by atoms with Gasteiger partial charge in [0.25, 0.3) is 5.91 Å². The first kappa shape index (κ1) is 15.0.